The molecule has 0 aromatic carbocycles. The second kappa shape index (κ2) is 5.75. The first kappa shape index (κ1) is 17.0. The molecule has 1 unspecified atom stereocenters. The van der Waals surface area contributed by atoms with Gasteiger partial charge in [0, 0.05) is 0 Å². The Morgan fingerprint density at radius 3 is 2.16 bits per heavy atom. The fourth-order valence-corrected chi connectivity index (χ4v) is 2.57. The molecule has 0 aliphatic carbocycles. The lowest BCUT2D eigenvalue weighted by Gasteiger charge is -2.41. The van der Waals surface area contributed by atoms with E-state index in [-0.39, 0.29) is 11.6 Å². The van der Waals surface area contributed by atoms with E-state index in [2.05, 4.69) is 20.8 Å². The zero-order valence-electron chi connectivity index (χ0n) is 12.1. The van der Waals surface area contributed by atoms with Crippen molar-refractivity contribution in [2.24, 2.45) is 0 Å². The summed E-state index contributed by atoms with van der Waals surface area (Å²) < 4.78 is 24.0. The Kier molecular flexibility index (Phi) is 5.14. The third kappa shape index (κ3) is 3.74. The number of hydrogen-bond acceptors (Lipinski definition) is 5. The van der Waals surface area contributed by atoms with Crippen LogP contribution in [0.3, 0.4) is 0 Å². The minimum atomic E-state index is -2.03. The summed E-state index contributed by atoms with van der Waals surface area (Å²) in [6.07, 6.45) is -7.71. The van der Waals surface area contributed by atoms with Gasteiger partial charge in [0.25, 0.3) is 0 Å². The maximum atomic E-state index is 13.2. The summed E-state index contributed by atoms with van der Waals surface area (Å²) in [6, 6.07) is 0. The summed E-state index contributed by atoms with van der Waals surface area (Å²) >= 11 is 0. The Morgan fingerprint density at radius 1 is 1.16 bits per heavy atom. The molecule has 1 fully saturated rings. The third-order valence-corrected chi connectivity index (χ3v) is 8.56. The lowest BCUT2D eigenvalue weighted by Crippen LogP contribution is -2.58. The maximum absolute atomic E-state index is 13.2. The number of rotatable bonds is 3. The average molecular weight is 296 g/mol. The predicted octanol–water partition coefficient (Wildman–Crippen LogP) is 0.785. The van der Waals surface area contributed by atoms with Crippen molar-refractivity contribution in [3.63, 3.8) is 0 Å². The van der Waals surface area contributed by atoms with Crippen LogP contribution in [-0.2, 0) is 9.16 Å². The van der Waals surface area contributed by atoms with Crippen molar-refractivity contribution < 1.29 is 28.9 Å². The van der Waals surface area contributed by atoms with Gasteiger partial charge in [0.1, 0.15) is 18.3 Å². The molecule has 0 spiro atoms. The van der Waals surface area contributed by atoms with Gasteiger partial charge >= 0.3 is 0 Å². The van der Waals surface area contributed by atoms with Crippen LogP contribution in [0, 0.1) is 0 Å². The van der Waals surface area contributed by atoms with Crippen LogP contribution < -0.4 is 0 Å². The van der Waals surface area contributed by atoms with Crippen molar-refractivity contribution in [3.8, 4) is 0 Å². The first-order valence-corrected chi connectivity index (χ1v) is 9.36. The van der Waals surface area contributed by atoms with E-state index in [1.165, 1.54) is 0 Å². The van der Waals surface area contributed by atoms with Gasteiger partial charge in [-0.05, 0) is 18.1 Å². The van der Waals surface area contributed by atoms with E-state index < -0.39 is 39.1 Å². The summed E-state index contributed by atoms with van der Waals surface area (Å²) in [7, 11) is -2.03. The molecule has 7 heteroatoms. The van der Waals surface area contributed by atoms with Crippen molar-refractivity contribution in [3.05, 3.63) is 0 Å². The first-order valence-electron chi connectivity index (χ1n) is 6.45. The molecular formula is C12H25FO5Si. The molecule has 1 aliphatic rings. The number of aliphatic hydroxyl groups excluding tert-OH is 3. The molecule has 0 radical (unpaired) electrons. The monoisotopic (exact) mass is 296 g/mol. The highest BCUT2D eigenvalue weighted by molar-refractivity contribution is 6.74. The van der Waals surface area contributed by atoms with Crippen LogP contribution in [0.1, 0.15) is 20.8 Å². The van der Waals surface area contributed by atoms with E-state index >= 15 is 0 Å². The SMILES string of the molecule is CC(C)(C)[Si](C)(C)OC[C@H]1OC(O)[C@@H](F)[C@@H](O)[C@@H]1O. The fourth-order valence-electron chi connectivity index (χ4n) is 1.56. The Hall–Kier alpha value is -0.0531. The quantitative estimate of drug-likeness (QED) is 0.671. The van der Waals surface area contributed by atoms with E-state index in [9.17, 15) is 19.7 Å². The van der Waals surface area contributed by atoms with Crippen LogP contribution in [-0.4, -0.2) is 61.0 Å². The van der Waals surface area contributed by atoms with Gasteiger partial charge in [0.15, 0.2) is 20.8 Å². The van der Waals surface area contributed by atoms with Gasteiger partial charge < -0.3 is 24.5 Å². The first-order chi connectivity index (χ1) is 8.47. The molecule has 1 aliphatic heterocycles. The molecule has 1 rings (SSSR count). The van der Waals surface area contributed by atoms with E-state index in [1.54, 1.807) is 0 Å². The van der Waals surface area contributed by atoms with Gasteiger partial charge in [-0.2, -0.15) is 0 Å². The molecule has 0 bridgehead atoms. The van der Waals surface area contributed by atoms with Crippen LogP contribution in [0.2, 0.25) is 18.1 Å². The zero-order valence-corrected chi connectivity index (χ0v) is 13.1. The summed E-state index contributed by atoms with van der Waals surface area (Å²) in [4.78, 5) is 0. The molecule has 5 atom stereocenters. The molecule has 5 nitrogen and oxygen atoms in total. The second-order valence-electron chi connectivity index (χ2n) is 6.56. The minimum Gasteiger partial charge on any atom is -0.414 e. The fraction of sp³-hybridized carbons (Fsp3) is 1.00. The topological polar surface area (TPSA) is 79.2 Å². The summed E-state index contributed by atoms with van der Waals surface area (Å²) in [5, 5.41) is 28.5. The molecule has 19 heavy (non-hydrogen) atoms. The van der Waals surface area contributed by atoms with E-state index in [4.69, 9.17) is 9.16 Å². The molecule has 0 aromatic rings. The van der Waals surface area contributed by atoms with Gasteiger partial charge in [0.2, 0.25) is 0 Å². The summed E-state index contributed by atoms with van der Waals surface area (Å²) in [5.41, 5.74) is 0. The lowest BCUT2D eigenvalue weighted by atomic mass is 10.0. The number of halogens is 1. The highest BCUT2D eigenvalue weighted by Gasteiger charge is 2.45. The van der Waals surface area contributed by atoms with Gasteiger partial charge in [-0.25, -0.2) is 4.39 Å². The largest absolute Gasteiger partial charge is 0.414 e. The van der Waals surface area contributed by atoms with E-state index in [1.807, 2.05) is 13.1 Å². The molecule has 0 saturated carbocycles. The average Bonchev–Trinajstić information content (AvgIpc) is 2.28. The number of hydrogen-bond donors (Lipinski definition) is 3. The minimum absolute atomic E-state index is 0.00746. The van der Waals surface area contributed by atoms with Gasteiger partial charge in [-0.1, -0.05) is 20.8 Å². The highest BCUT2D eigenvalue weighted by Crippen LogP contribution is 2.37. The van der Waals surface area contributed by atoms with Gasteiger partial charge in [0.05, 0.1) is 6.61 Å². The highest BCUT2D eigenvalue weighted by atomic mass is 28.4. The molecular weight excluding hydrogens is 271 g/mol. The van der Waals surface area contributed by atoms with Crippen LogP contribution in [0.4, 0.5) is 4.39 Å². The standard InChI is InChI=1S/C12H25FO5Si/c1-12(2,3)19(4,5)17-6-7-9(14)10(15)8(13)11(16)18-7/h7-11,14-16H,6H2,1-5H3/t7-,8+,9-,10-,11?/m1/s1. The molecule has 0 amide bonds. The Balaban J connectivity index is 2.63. The molecule has 114 valence electrons. The molecule has 0 aromatic heterocycles. The normalized spacial score (nSPS) is 37.4. The molecule has 1 heterocycles. The van der Waals surface area contributed by atoms with Crippen molar-refractivity contribution in [1.29, 1.82) is 0 Å². The maximum Gasteiger partial charge on any atom is 0.192 e. The Bertz CT molecular complexity index is 307. The number of aliphatic hydroxyl groups is 3. The van der Waals surface area contributed by atoms with Crippen molar-refractivity contribution in [2.75, 3.05) is 6.61 Å². The van der Waals surface area contributed by atoms with Crippen molar-refractivity contribution in [2.45, 2.75) is 69.7 Å². The Morgan fingerprint density at radius 2 is 1.68 bits per heavy atom. The van der Waals surface area contributed by atoms with E-state index in [0.717, 1.165) is 0 Å². The van der Waals surface area contributed by atoms with Crippen LogP contribution in [0.25, 0.3) is 0 Å². The second-order valence-corrected chi connectivity index (χ2v) is 11.4. The van der Waals surface area contributed by atoms with E-state index in [0.29, 0.717) is 0 Å². The van der Waals surface area contributed by atoms with Crippen LogP contribution in [0.15, 0.2) is 0 Å². The predicted molar refractivity (Wildman–Crippen MR) is 70.9 cm³/mol. The smallest absolute Gasteiger partial charge is 0.192 e. The molecule has 1 saturated heterocycles. The number of ether oxygens (including phenoxy) is 1. The number of alkyl halides is 1. The summed E-state index contributed by atoms with van der Waals surface area (Å²) in [6.45, 7) is 10.3. The van der Waals surface area contributed by atoms with Crippen LogP contribution in [0.5, 0.6) is 0 Å². The summed E-state index contributed by atoms with van der Waals surface area (Å²) in [5.74, 6) is 0. The van der Waals surface area contributed by atoms with Crippen molar-refractivity contribution >= 4 is 8.32 Å². The Labute approximate surface area is 114 Å². The van der Waals surface area contributed by atoms with Crippen LogP contribution >= 0.6 is 0 Å². The zero-order chi connectivity index (χ0) is 15.0. The van der Waals surface area contributed by atoms with Gasteiger partial charge in [-0.15, -0.1) is 0 Å². The molecule has 3 N–H and O–H groups in total. The lowest BCUT2D eigenvalue weighted by molar-refractivity contribution is -0.270. The third-order valence-electron chi connectivity index (χ3n) is 4.06. The van der Waals surface area contributed by atoms with Gasteiger partial charge in [-0.3, -0.25) is 0 Å². The van der Waals surface area contributed by atoms with Crippen molar-refractivity contribution in [1.82, 2.24) is 0 Å².